The number of nitrogens with one attached hydrogen (secondary N) is 2. The molecule has 1 rings (SSSR count). The van der Waals surface area contributed by atoms with Gasteiger partial charge < -0.3 is 5.32 Å². The van der Waals surface area contributed by atoms with E-state index in [0.717, 1.165) is 24.9 Å². The molecule has 0 unspecified atom stereocenters. The zero-order valence-corrected chi connectivity index (χ0v) is 12.7. The van der Waals surface area contributed by atoms with Crippen LogP contribution in [0.1, 0.15) is 25.3 Å². The van der Waals surface area contributed by atoms with Gasteiger partial charge in [0, 0.05) is 15.7 Å². The molecular weight excluding hydrogens is 345 g/mol. The van der Waals surface area contributed by atoms with Gasteiger partial charge in [0.25, 0.3) is 0 Å². The first kappa shape index (κ1) is 14.4. The van der Waals surface area contributed by atoms with E-state index in [4.69, 9.17) is 12.2 Å². The van der Waals surface area contributed by atoms with Gasteiger partial charge in [-0.1, -0.05) is 31.5 Å². The second kappa shape index (κ2) is 8.41. The average molecular weight is 361 g/mol. The van der Waals surface area contributed by atoms with Crippen LogP contribution in [0.25, 0.3) is 0 Å². The maximum Gasteiger partial charge on any atom is 0.186 e. The molecule has 2 N–H and O–H groups in total. The highest BCUT2D eigenvalue weighted by Crippen LogP contribution is 2.08. The third-order valence-corrected chi connectivity index (χ3v) is 3.31. The largest absolute Gasteiger partial charge is 0.361 e. The number of unbranched alkanes of at least 4 members (excludes halogenated alkanes) is 1. The molecule has 17 heavy (non-hydrogen) atoms. The molecule has 3 nitrogen and oxygen atoms in total. The lowest BCUT2D eigenvalue weighted by Gasteiger charge is -2.05. The summed E-state index contributed by atoms with van der Waals surface area (Å²) >= 11 is 7.36. The summed E-state index contributed by atoms with van der Waals surface area (Å²) in [6.45, 7) is 3.04. The monoisotopic (exact) mass is 361 g/mol. The Balaban J connectivity index is 2.35. The summed E-state index contributed by atoms with van der Waals surface area (Å²) in [6.07, 6.45) is 4.04. The van der Waals surface area contributed by atoms with Crippen molar-refractivity contribution < 1.29 is 0 Å². The zero-order chi connectivity index (χ0) is 12.5. The van der Waals surface area contributed by atoms with E-state index in [9.17, 15) is 0 Å². The van der Waals surface area contributed by atoms with Crippen molar-refractivity contribution >= 4 is 46.1 Å². The lowest BCUT2D eigenvalue weighted by atomic mass is 10.2. The highest BCUT2D eigenvalue weighted by atomic mass is 127. The van der Waals surface area contributed by atoms with E-state index in [1.807, 2.05) is 24.3 Å². The van der Waals surface area contributed by atoms with Gasteiger partial charge in [-0.15, -0.1) is 0 Å². The molecule has 0 amide bonds. The molecule has 0 aliphatic heterocycles. The van der Waals surface area contributed by atoms with Gasteiger partial charge in [0.2, 0.25) is 0 Å². The van der Waals surface area contributed by atoms with Gasteiger partial charge >= 0.3 is 0 Å². The van der Waals surface area contributed by atoms with Gasteiger partial charge in [0.05, 0.1) is 6.21 Å². The molecule has 0 fully saturated rings. The maximum absolute atomic E-state index is 5.08. The van der Waals surface area contributed by atoms with Crippen molar-refractivity contribution in [2.24, 2.45) is 5.10 Å². The van der Waals surface area contributed by atoms with E-state index in [1.165, 1.54) is 3.57 Å². The predicted octanol–water partition coefficient (Wildman–Crippen LogP) is 2.89. The van der Waals surface area contributed by atoms with E-state index >= 15 is 0 Å². The number of benzene rings is 1. The number of hydrogen-bond donors (Lipinski definition) is 2. The lowest BCUT2D eigenvalue weighted by Crippen LogP contribution is -2.32. The van der Waals surface area contributed by atoms with Crippen molar-refractivity contribution in [1.29, 1.82) is 0 Å². The predicted molar refractivity (Wildman–Crippen MR) is 85.4 cm³/mol. The number of hydrogen-bond acceptors (Lipinski definition) is 2. The number of nitrogens with zero attached hydrogens (tertiary/aromatic N) is 1. The molecule has 0 saturated carbocycles. The Morgan fingerprint density at radius 3 is 2.94 bits per heavy atom. The van der Waals surface area contributed by atoms with E-state index < -0.39 is 0 Å². The van der Waals surface area contributed by atoms with E-state index in [-0.39, 0.29) is 0 Å². The van der Waals surface area contributed by atoms with Crippen molar-refractivity contribution in [3.63, 3.8) is 0 Å². The first-order chi connectivity index (χ1) is 8.24. The van der Waals surface area contributed by atoms with Crippen LogP contribution in [-0.2, 0) is 0 Å². The van der Waals surface area contributed by atoms with Crippen LogP contribution in [-0.4, -0.2) is 17.9 Å². The minimum Gasteiger partial charge on any atom is -0.361 e. The van der Waals surface area contributed by atoms with Gasteiger partial charge in [-0.25, -0.2) is 0 Å². The molecule has 0 bridgehead atoms. The van der Waals surface area contributed by atoms with Crippen LogP contribution in [0.5, 0.6) is 0 Å². The topological polar surface area (TPSA) is 36.4 Å². The normalized spacial score (nSPS) is 10.5. The summed E-state index contributed by atoms with van der Waals surface area (Å²) in [6, 6.07) is 8.05. The number of rotatable bonds is 5. The van der Waals surface area contributed by atoms with Crippen LogP contribution in [0.3, 0.4) is 0 Å². The number of hydrazone groups is 1. The molecular formula is C12H16IN3S. The highest BCUT2D eigenvalue weighted by Gasteiger charge is 1.94. The highest BCUT2D eigenvalue weighted by molar-refractivity contribution is 14.1. The summed E-state index contributed by atoms with van der Waals surface area (Å²) < 4.78 is 1.17. The Kier molecular flexibility index (Phi) is 7.11. The molecule has 0 aliphatic carbocycles. The molecule has 1 aromatic rings. The Bertz CT molecular complexity index is 393. The Labute approximate surface area is 121 Å². The third kappa shape index (κ3) is 5.97. The van der Waals surface area contributed by atoms with Crippen LogP contribution in [0.15, 0.2) is 29.4 Å². The minimum absolute atomic E-state index is 0.570. The van der Waals surface area contributed by atoms with Crippen molar-refractivity contribution in [3.8, 4) is 0 Å². The summed E-state index contributed by atoms with van der Waals surface area (Å²) in [4.78, 5) is 0. The van der Waals surface area contributed by atoms with Gasteiger partial charge in [0.15, 0.2) is 5.11 Å². The molecule has 1 aromatic carbocycles. The summed E-state index contributed by atoms with van der Waals surface area (Å²) in [5, 5.41) is 7.76. The van der Waals surface area contributed by atoms with Crippen molar-refractivity contribution in [2.75, 3.05) is 6.54 Å². The minimum atomic E-state index is 0.570. The van der Waals surface area contributed by atoms with E-state index in [2.05, 4.69) is 45.4 Å². The SMILES string of the molecule is CCCCNC(=S)N/N=C\c1ccccc1I. The Morgan fingerprint density at radius 2 is 2.24 bits per heavy atom. The van der Waals surface area contributed by atoms with Crippen molar-refractivity contribution in [3.05, 3.63) is 33.4 Å². The van der Waals surface area contributed by atoms with Crippen LogP contribution in [0, 0.1) is 3.57 Å². The summed E-state index contributed by atoms with van der Waals surface area (Å²) in [7, 11) is 0. The second-order valence-electron chi connectivity index (χ2n) is 3.50. The first-order valence-electron chi connectivity index (χ1n) is 5.55. The number of halogens is 1. The van der Waals surface area contributed by atoms with Gasteiger partial charge in [-0.05, 0) is 47.3 Å². The third-order valence-electron chi connectivity index (χ3n) is 2.09. The maximum atomic E-state index is 5.08. The van der Waals surface area contributed by atoms with Crippen molar-refractivity contribution in [2.45, 2.75) is 19.8 Å². The molecule has 92 valence electrons. The van der Waals surface area contributed by atoms with E-state index in [1.54, 1.807) is 6.21 Å². The lowest BCUT2D eigenvalue weighted by molar-refractivity contribution is 0.745. The van der Waals surface area contributed by atoms with Gasteiger partial charge in [0.1, 0.15) is 0 Å². The smallest absolute Gasteiger partial charge is 0.186 e. The van der Waals surface area contributed by atoms with Crippen molar-refractivity contribution in [1.82, 2.24) is 10.7 Å². The second-order valence-corrected chi connectivity index (χ2v) is 5.07. The van der Waals surface area contributed by atoms with Gasteiger partial charge in [-0.3, -0.25) is 5.43 Å². The fourth-order valence-corrected chi connectivity index (χ4v) is 1.84. The number of thiocarbonyl (C=S) groups is 1. The van der Waals surface area contributed by atoms with Crippen LogP contribution >= 0.6 is 34.8 Å². The Hall–Kier alpha value is -0.690. The molecule has 0 aliphatic rings. The fraction of sp³-hybridized carbons (Fsp3) is 0.333. The molecule has 5 heteroatoms. The standard InChI is InChI=1S/C12H16IN3S/c1-2-3-8-14-12(17)16-15-9-10-6-4-5-7-11(10)13/h4-7,9H,2-3,8H2,1H3,(H2,14,16,17)/b15-9-. The van der Waals surface area contributed by atoms with Crippen LogP contribution in [0.2, 0.25) is 0 Å². The van der Waals surface area contributed by atoms with Gasteiger partial charge in [-0.2, -0.15) is 5.10 Å². The molecule has 0 spiro atoms. The summed E-state index contributed by atoms with van der Waals surface area (Å²) in [5.41, 5.74) is 3.88. The first-order valence-corrected chi connectivity index (χ1v) is 7.04. The molecule has 0 heterocycles. The van der Waals surface area contributed by atoms with Crippen LogP contribution in [0.4, 0.5) is 0 Å². The molecule has 0 atom stereocenters. The molecule has 0 saturated heterocycles. The van der Waals surface area contributed by atoms with Crippen LogP contribution < -0.4 is 10.7 Å². The zero-order valence-electron chi connectivity index (χ0n) is 9.74. The summed E-state index contributed by atoms with van der Waals surface area (Å²) in [5.74, 6) is 0. The quantitative estimate of drug-likeness (QED) is 0.278. The molecule has 0 radical (unpaired) electrons. The Morgan fingerprint density at radius 1 is 1.47 bits per heavy atom. The fourth-order valence-electron chi connectivity index (χ4n) is 1.16. The molecule has 0 aromatic heterocycles. The van der Waals surface area contributed by atoms with E-state index in [0.29, 0.717) is 5.11 Å². The average Bonchev–Trinajstić information content (AvgIpc) is 2.32.